The van der Waals surface area contributed by atoms with Gasteiger partial charge in [-0.05, 0) is 18.2 Å². The van der Waals surface area contributed by atoms with Gasteiger partial charge >= 0.3 is 0 Å². The Hall–Kier alpha value is -2.20. The second kappa shape index (κ2) is 8.00. The van der Waals surface area contributed by atoms with E-state index in [2.05, 4.69) is 5.16 Å². The molecule has 0 unspecified atom stereocenters. The molecule has 1 N–H and O–H groups in total. The first-order valence-corrected chi connectivity index (χ1v) is 5.69. The van der Waals surface area contributed by atoms with E-state index in [-0.39, 0.29) is 11.6 Å². The van der Waals surface area contributed by atoms with Gasteiger partial charge in [-0.3, -0.25) is 4.79 Å². The zero-order valence-corrected chi connectivity index (χ0v) is 10.6. The van der Waals surface area contributed by atoms with Crippen LogP contribution in [0.15, 0.2) is 59.8 Å². The summed E-state index contributed by atoms with van der Waals surface area (Å²) in [5.74, 6) is -0.592. The van der Waals surface area contributed by atoms with Gasteiger partial charge in [-0.25, -0.2) is 4.39 Å². The lowest BCUT2D eigenvalue weighted by Gasteiger charge is -1.90. The van der Waals surface area contributed by atoms with Gasteiger partial charge < -0.3 is 5.21 Å². The van der Waals surface area contributed by atoms with E-state index in [0.717, 1.165) is 6.21 Å². The summed E-state index contributed by atoms with van der Waals surface area (Å²) in [6, 6.07) is 14.4. The molecule has 0 bridgehead atoms. The van der Waals surface area contributed by atoms with Crippen LogP contribution in [0.25, 0.3) is 0 Å². The van der Waals surface area contributed by atoms with Gasteiger partial charge in [0.25, 0.3) is 0 Å². The standard InChI is InChI=1S/C8H7NO2.C6H4ClF/c10-8(6-9-11)7-4-2-1-3-5-7;7-5-2-1-3-6(8)4-5/h1-6,11H;1-4H. The molecular weight excluding hydrogens is 269 g/mol. The molecule has 2 rings (SSSR count). The van der Waals surface area contributed by atoms with Crippen molar-refractivity contribution in [2.24, 2.45) is 5.16 Å². The van der Waals surface area contributed by atoms with E-state index in [1.807, 2.05) is 6.07 Å². The number of hydrogen-bond donors (Lipinski definition) is 1. The van der Waals surface area contributed by atoms with E-state index in [1.165, 1.54) is 12.1 Å². The second-order valence-electron chi connectivity index (χ2n) is 3.41. The summed E-state index contributed by atoms with van der Waals surface area (Å²) in [4.78, 5) is 10.9. The summed E-state index contributed by atoms with van der Waals surface area (Å²) < 4.78 is 12.1. The van der Waals surface area contributed by atoms with Gasteiger partial charge in [-0.15, -0.1) is 0 Å². The van der Waals surface area contributed by atoms with Gasteiger partial charge in [0.15, 0.2) is 0 Å². The van der Waals surface area contributed by atoms with Crippen molar-refractivity contribution < 1.29 is 14.4 Å². The molecule has 0 saturated heterocycles. The minimum Gasteiger partial charge on any atom is -0.411 e. The van der Waals surface area contributed by atoms with Gasteiger partial charge in [0, 0.05) is 10.6 Å². The van der Waals surface area contributed by atoms with E-state index in [0.29, 0.717) is 10.6 Å². The molecule has 2 aromatic carbocycles. The molecule has 0 heterocycles. The van der Waals surface area contributed by atoms with E-state index < -0.39 is 0 Å². The molecule has 0 spiro atoms. The first-order valence-electron chi connectivity index (χ1n) is 5.31. The quantitative estimate of drug-likeness (QED) is 0.393. The number of carbonyl (C=O) groups is 1. The summed E-state index contributed by atoms with van der Waals surface area (Å²) in [6.07, 6.45) is 0.870. The Labute approximate surface area is 114 Å². The number of hydrogen-bond acceptors (Lipinski definition) is 3. The highest BCUT2D eigenvalue weighted by atomic mass is 35.5. The Balaban J connectivity index is 0.000000200. The lowest BCUT2D eigenvalue weighted by Crippen LogP contribution is -1.98. The summed E-state index contributed by atoms with van der Waals surface area (Å²) >= 11 is 5.40. The van der Waals surface area contributed by atoms with E-state index in [9.17, 15) is 9.18 Å². The van der Waals surface area contributed by atoms with Crippen molar-refractivity contribution in [2.75, 3.05) is 0 Å². The highest BCUT2D eigenvalue weighted by Gasteiger charge is 1.99. The molecule has 3 nitrogen and oxygen atoms in total. The second-order valence-corrected chi connectivity index (χ2v) is 3.85. The molecule has 0 aromatic heterocycles. The van der Waals surface area contributed by atoms with E-state index >= 15 is 0 Å². The number of carbonyl (C=O) groups excluding carboxylic acids is 1. The Morgan fingerprint density at radius 2 is 1.84 bits per heavy atom. The fourth-order valence-electron chi connectivity index (χ4n) is 1.19. The predicted octanol–water partition coefficient (Wildman–Crippen LogP) is 3.81. The average molecular weight is 280 g/mol. The maximum atomic E-state index is 12.1. The molecule has 0 atom stereocenters. The summed E-state index contributed by atoms with van der Waals surface area (Å²) in [5, 5.41) is 11.1. The number of ketones is 1. The van der Waals surface area contributed by atoms with Crippen LogP contribution in [-0.4, -0.2) is 17.2 Å². The fourth-order valence-corrected chi connectivity index (χ4v) is 1.37. The third-order valence-corrected chi connectivity index (χ3v) is 2.26. The predicted molar refractivity (Wildman–Crippen MR) is 72.5 cm³/mol. The molecule has 0 amide bonds. The third kappa shape index (κ3) is 5.79. The van der Waals surface area contributed by atoms with Gasteiger partial charge in [-0.1, -0.05) is 53.2 Å². The fraction of sp³-hybridized carbons (Fsp3) is 0. The summed E-state index contributed by atoms with van der Waals surface area (Å²) in [5.41, 5.74) is 0.519. The van der Waals surface area contributed by atoms with Crippen molar-refractivity contribution in [1.82, 2.24) is 0 Å². The Bertz CT molecular complexity index is 541. The molecule has 0 aliphatic rings. The van der Waals surface area contributed by atoms with Crippen molar-refractivity contribution in [3.05, 3.63) is 71.0 Å². The lowest BCUT2D eigenvalue weighted by molar-refractivity contribution is 0.106. The minimum atomic E-state index is -0.298. The zero-order valence-electron chi connectivity index (χ0n) is 9.83. The molecule has 0 aliphatic carbocycles. The SMILES string of the molecule is Fc1cccc(Cl)c1.O=C(C=NO)c1ccccc1. The number of oxime groups is 1. The number of Topliss-reactive ketones (excluding diaryl/α,β-unsaturated/α-hetero) is 1. The van der Waals surface area contributed by atoms with Crippen LogP contribution < -0.4 is 0 Å². The molecule has 0 radical (unpaired) electrons. The highest BCUT2D eigenvalue weighted by Crippen LogP contribution is 2.07. The Morgan fingerprint density at radius 1 is 1.16 bits per heavy atom. The van der Waals surface area contributed by atoms with Crippen LogP contribution in [0.4, 0.5) is 4.39 Å². The molecule has 0 fully saturated rings. The van der Waals surface area contributed by atoms with Crippen LogP contribution in [0.2, 0.25) is 5.02 Å². The lowest BCUT2D eigenvalue weighted by atomic mass is 10.1. The van der Waals surface area contributed by atoms with Gasteiger partial charge in [0.2, 0.25) is 5.78 Å². The van der Waals surface area contributed by atoms with E-state index in [4.69, 9.17) is 16.8 Å². The van der Waals surface area contributed by atoms with Crippen LogP contribution in [-0.2, 0) is 0 Å². The van der Waals surface area contributed by atoms with Crippen LogP contribution in [0.1, 0.15) is 10.4 Å². The first kappa shape index (κ1) is 14.9. The molecule has 2 aromatic rings. The molecular formula is C14H11ClFNO2. The molecule has 0 saturated carbocycles. The van der Waals surface area contributed by atoms with E-state index in [1.54, 1.807) is 36.4 Å². The monoisotopic (exact) mass is 279 g/mol. The number of halogens is 2. The summed E-state index contributed by atoms with van der Waals surface area (Å²) in [7, 11) is 0. The van der Waals surface area contributed by atoms with Gasteiger partial charge in [0.05, 0.1) is 0 Å². The highest BCUT2D eigenvalue weighted by molar-refractivity contribution is 6.35. The van der Waals surface area contributed by atoms with Crippen molar-refractivity contribution in [3.63, 3.8) is 0 Å². The third-order valence-electron chi connectivity index (χ3n) is 2.02. The maximum absolute atomic E-state index is 12.1. The molecule has 98 valence electrons. The smallest absolute Gasteiger partial charge is 0.207 e. The van der Waals surface area contributed by atoms with Crippen molar-refractivity contribution in [2.45, 2.75) is 0 Å². The average Bonchev–Trinajstić information content (AvgIpc) is 2.40. The molecule has 0 aliphatic heterocycles. The Kier molecular flexibility index (Phi) is 6.26. The Morgan fingerprint density at radius 3 is 2.32 bits per heavy atom. The van der Waals surface area contributed by atoms with Gasteiger partial charge in [0.1, 0.15) is 12.0 Å². The van der Waals surface area contributed by atoms with Crippen LogP contribution in [0.5, 0.6) is 0 Å². The first-order chi connectivity index (χ1) is 9.13. The number of rotatable bonds is 2. The van der Waals surface area contributed by atoms with Crippen molar-refractivity contribution >= 4 is 23.6 Å². The van der Waals surface area contributed by atoms with Crippen LogP contribution in [0.3, 0.4) is 0 Å². The molecule has 5 heteroatoms. The van der Waals surface area contributed by atoms with Crippen LogP contribution in [0, 0.1) is 5.82 Å². The van der Waals surface area contributed by atoms with Crippen molar-refractivity contribution in [1.29, 1.82) is 0 Å². The van der Waals surface area contributed by atoms with Gasteiger partial charge in [-0.2, -0.15) is 0 Å². The van der Waals surface area contributed by atoms with Crippen molar-refractivity contribution in [3.8, 4) is 0 Å². The maximum Gasteiger partial charge on any atom is 0.207 e. The topological polar surface area (TPSA) is 49.7 Å². The molecule has 19 heavy (non-hydrogen) atoms. The number of benzene rings is 2. The minimum absolute atomic E-state index is 0.294. The summed E-state index contributed by atoms with van der Waals surface area (Å²) in [6.45, 7) is 0. The van der Waals surface area contributed by atoms with Crippen LogP contribution >= 0.6 is 11.6 Å². The number of nitrogens with zero attached hydrogens (tertiary/aromatic N) is 1. The zero-order chi connectivity index (χ0) is 14.1. The normalized spacial score (nSPS) is 9.79. The largest absolute Gasteiger partial charge is 0.411 e.